The van der Waals surface area contributed by atoms with E-state index in [9.17, 15) is 13.2 Å². The number of alkyl halides is 3. The number of benzene rings is 1. The summed E-state index contributed by atoms with van der Waals surface area (Å²) in [7, 11) is 0. The number of hydrogen-bond donors (Lipinski definition) is 2. The molecular formula is C16H13F3N6. The van der Waals surface area contributed by atoms with Crippen molar-refractivity contribution in [2.45, 2.75) is 12.7 Å². The van der Waals surface area contributed by atoms with Gasteiger partial charge in [0.1, 0.15) is 18.0 Å². The Balaban J connectivity index is 1.67. The fourth-order valence-corrected chi connectivity index (χ4v) is 2.05. The van der Waals surface area contributed by atoms with E-state index in [-0.39, 0.29) is 6.54 Å². The summed E-state index contributed by atoms with van der Waals surface area (Å²) in [4.78, 5) is 16.1. The minimum Gasteiger partial charge on any atom is -0.366 e. The molecule has 25 heavy (non-hydrogen) atoms. The number of nitrogens with zero attached hydrogens (tertiary/aromatic N) is 4. The van der Waals surface area contributed by atoms with Crippen molar-refractivity contribution in [1.82, 2.24) is 19.9 Å². The van der Waals surface area contributed by atoms with Crippen molar-refractivity contribution >= 4 is 17.6 Å². The van der Waals surface area contributed by atoms with Crippen LogP contribution in [0.5, 0.6) is 0 Å². The van der Waals surface area contributed by atoms with Gasteiger partial charge < -0.3 is 10.6 Å². The highest BCUT2D eigenvalue weighted by Crippen LogP contribution is 2.29. The van der Waals surface area contributed by atoms with Crippen LogP contribution in [-0.2, 0) is 12.7 Å². The molecule has 9 heteroatoms. The molecule has 2 aromatic heterocycles. The molecule has 3 aromatic rings. The van der Waals surface area contributed by atoms with Crippen LogP contribution in [0.1, 0.15) is 11.1 Å². The number of halogens is 3. The van der Waals surface area contributed by atoms with Gasteiger partial charge in [-0.25, -0.2) is 15.0 Å². The Morgan fingerprint density at radius 1 is 0.960 bits per heavy atom. The molecule has 6 nitrogen and oxygen atoms in total. The molecule has 0 saturated heterocycles. The zero-order chi connectivity index (χ0) is 17.7. The number of hydrogen-bond acceptors (Lipinski definition) is 6. The molecule has 0 atom stereocenters. The third-order valence-electron chi connectivity index (χ3n) is 3.21. The van der Waals surface area contributed by atoms with Gasteiger partial charge in [0.2, 0.25) is 5.95 Å². The second-order valence-electron chi connectivity index (χ2n) is 5.04. The van der Waals surface area contributed by atoms with E-state index in [1.807, 2.05) is 0 Å². The monoisotopic (exact) mass is 346 g/mol. The van der Waals surface area contributed by atoms with Crippen LogP contribution in [-0.4, -0.2) is 19.9 Å². The lowest BCUT2D eigenvalue weighted by Gasteiger charge is -2.10. The lowest BCUT2D eigenvalue weighted by Crippen LogP contribution is -2.08. The van der Waals surface area contributed by atoms with E-state index in [0.717, 1.165) is 12.1 Å². The fourth-order valence-electron chi connectivity index (χ4n) is 2.05. The van der Waals surface area contributed by atoms with Crippen LogP contribution in [0.2, 0.25) is 0 Å². The molecule has 0 bridgehead atoms. The first-order chi connectivity index (χ1) is 12.0. The minimum absolute atomic E-state index is 0.202. The van der Waals surface area contributed by atoms with Crippen LogP contribution >= 0.6 is 0 Å². The first kappa shape index (κ1) is 16.6. The second kappa shape index (κ2) is 7.12. The maximum absolute atomic E-state index is 12.7. The third-order valence-corrected chi connectivity index (χ3v) is 3.21. The summed E-state index contributed by atoms with van der Waals surface area (Å²) >= 11 is 0. The van der Waals surface area contributed by atoms with E-state index < -0.39 is 11.7 Å². The molecule has 0 unspecified atom stereocenters. The zero-order valence-electron chi connectivity index (χ0n) is 12.8. The SMILES string of the molecule is FC(F)(F)c1cccc(CNc2ccnc(Nc3ccncn3)n2)c1. The number of anilines is 3. The molecule has 0 radical (unpaired) electrons. The van der Waals surface area contributed by atoms with Crippen molar-refractivity contribution in [3.63, 3.8) is 0 Å². The van der Waals surface area contributed by atoms with Crippen molar-refractivity contribution in [2.24, 2.45) is 0 Å². The van der Waals surface area contributed by atoms with Crippen LogP contribution in [0.3, 0.4) is 0 Å². The second-order valence-corrected chi connectivity index (χ2v) is 5.04. The summed E-state index contributed by atoms with van der Waals surface area (Å²) in [6.45, 7) is 0.202. The molecule has 0 amide bonds. The molecule has 0 spiro atoms. The number of nitrogens with one attached hydrogen (secondary N) is 2. The van der Waals surface area contributed by atoms with Gasteiger partial charge in [-0.2, -0.15) is 18.2 Å². The smallest absolute Gasteiger partial charge is 0.366 e. The summed E-state index contributed by atoms with van der Waals surface area (Å²) in [6.07, 6.45) is 0.133. The van der Waals surface area contributed by atoms with Crippen molar-refractivity contribution in [3.8, 4) is 0 Å². The van der Waals surface area contributed by atoms with E-state index in [1.54, 1.807) is 24.4 Å². The first-order valence-corrected chi connectivity index (χ1v) is 7.27. The van der Waals surface area contributed by atoms with Gasteiger partial charge in [-0.3, -0.25) is 0 Å². The molecule has 1 aromatic carbocycles. The summed E-state index contributed by atoms with van der Waals surface area (Å²) in [5.41, 5.74) is -0.181. The van der Waals surface area contributed by atoms with Crippen molar-refractivity contribution in [1.29, 1.82) is 0 Å². The summed E-state index contributed by atoms with van der Waals surface area (Å²) in [5.74, 6) is 1.32. The highest BCUT2D eigenvalue weighted by atomic mass is 19.4. The average molecular weight is 346 g/mol. The predicted octanol–water partition coefficient (Wildman–Crippen LogP) is 3.64. The van der Waals surface area contributed by atoms with Crippen LogP contribution in [0.25, 0.3) is 0 Å². The summed E-state index contributed by atoms with van der Waals surface area (Å²) in [5, 5.41) is 5.88. The Morgan fingerprint density at radius 2 is 1.80 bits per heavy atom. The molecule has 0 saturated carbocycles. The van der Waals surface area contributed by atoms with E-state index in [2.05, 4.69) is 30.6 Å². The van der Waals surface area contributed by atoms with Gasteiger partial charge in [-0.05, 0) is 29.8 Å². The number of rotatable bonds is 5. The van der Waals surface area contributed by atoms with E-state index >= 15 is 0 Å². The van der Waals surface area contributed by atoms with Crippen LogP contribution in [0.15, 0.2) is 55.1 Å². The maximum Gasteiger partial charge on any atom is 0.416 e. The molecule has 2 N–H and O–H groups in total. The van der Waals surface area contributed by atoms with E-state index in [1.165, 1.54) is 18.6 Å². The standard InChI is InChI=1S/C16H13F3N6/c17-16(18,19)12-3-1-2-11(8-12)9-22-13-5-7-21-15(24-13)25-14-4-6-20-10-23-14/h1-8,10H,9H2,(H2,20,21,22,23,24,25). The van der Waals surface area contributed by atoms with Crippen molar-refractivity contribution in [2.75, 3.05) is 10.6 Å². The summed E-state index contributed by atoms with van der Waals surface area (Å²) < 4.78 is 38.2. The normalized spacial score (nSPS) is 11.2. The molecule has 3 rings (SSSR count). The molecular weight excluding hydrogens is 333 g/mol. The number of aromatic nitrogens is 4. The molecule has 0 aliphatic rings. The van der Waals surface area contributed by atoms with Crippen LogP contribution in [0.4, 0.5) is 30.8 Å². The molecule has 0 fully saturated rings. The topological polar surface area (TPSA) is 75.6 Å². The van der Waals surface area contributed by atoms with Crippen molar-refractivity contribution < 1.29 is 13.2 Å². The van der Waals surface area contributed by atoms with Gasteiger partial charge in [0.25, 0.3) is 0 Å². The van der Waals surface area contributed by atoms with Gasteiger partial charge in [0.15, 0.2) is 0 Å². The average Bonchev–Trinajstić information content (AvgIpc) is 2.61. The highest BCUT2D eigenvalue weighted by Gasteiger charge is 2.30. The Kier molecular flexibility index (Phi) is 4.73. The lowest BCUT2D eigenvalue weighted by atomic mass is 10.1. The lowest BCUT2D eigenvalue weighted by molar-refractivity contribution is -0.137. The van der Waals surface area contributed by atoms with Crippen molar-refractivity contribution in [3.05, 3.63) is 66.2 Å². The van der Waals surface area contributed by atoms with Gasteiger partial charge in [-0.1, -0.05) is 12.1 Å². The molecule has 128 valence electrons. The Morgan fingerprint density at radius 3 is 2.56 bits per heavy atom. The van der Waals surface area contributed by atoms with E-state index in [0.29, 0.717) is 23.1 Å². The Bertz CT molecular complexity index is 839. The molecule has 2 heterocycles. The fraction of sp³-hybridized carbons (Fsp3) is 0.125. The third kappa shape index (κ3) is 4.63. The first-order valence-electron chi connectivity index (χ1n) is 7.27. The maximum atomic E-state index is 12.7. The largest absolute Gasteiger partial charge is 0.416 e. The van der Waals surface area contributed by atoms with Crippen LogP contribution < -0.4 is 10.6 Å². The highest BCUT2D eigenvalue weighted by molar-refractivity contribution is 5.49. The van der Waals surface area contributed by atoms with Gasteiger partial charge in [0, 0.05) is 18.9 Å². The van der Waals surface area contributed by atoms with E-state index in [4.69, 9.17) is 0 Å². The van der Waals surface area contributed by atoms with Gasteiger partial charge >= 0.3 is 6.18 Å². The van der Waals surface area contributed by atoms with Gasteiger partial charge in [0.05, 0.1) is 5.56 Å². The Hall–Kier alpha value is -3.23. The van der Waals surface area contributed by atoms with Gasteiger partial charge in [-0.15, -0.1) is 0 Å². The summed E-state index contributed by atoms with van der Waals surface area (Å²) in [6, 6.07) is 8.42. The van der Waals surface area contributed by atoms with Crippen LogP contribution in [0, 0.1) is 0 Å². The predicted molar refractivity (Wildman–Crippen MR) is 86.1 cm³/mol. The Labute approximate surface area is 141 Å². The quantitative estimate of drug-likeness (QED) is 0.735. The zero-order valence-corrected chi connectivity index (χ0v) is 12.8. The molecule has 0 aliphatic carbocycles. The molecule has 0 aliphatic heterocycles. The minimum atomic E-state index is -4.36.